The van der Waals surface area contributed by atoms with Crippen molar-refractivity contribution in [1.82, 2.24) is 10.3 Å². The maximum absolute atomic E-state index is 10.2. The molecule has 0 spiro atoms. The Kier molecular flexibility index (Phi) is 2.69. The van der Waals surface area contributed by atoms with Crippen molar-refractivity contribution in [2.75, 3.05) is 13.1 Å². The highest BCUT2D eigenvalue weighted by atomic mass is 79.9. The molecule has 1 aromatic heterocycles. The summed E-state index contributed by atoms with van der Waals surface area (Å²) in [6, 6.07) is 0. The number of halogens is 1. The van der Waals surface area contributed by atoms with Crippen LogP contribution in [0.1, 0.15) is 17.8 Å². The Morgan fingerprint density at radius 2 is 2.23 bits per heavy atom. The van der Waals surface area contributed by atoms with Gasteiger partial charge in [0.2, 0.25) is 0 Å². The summed E-state index contributed by atoms with van der Waals surface area (Å²) in [5, 5.41) is 16.2. The molecule has 0 radical (unpaired) electrons. The Morgan fingerprint density at radius 1 is 1.54 bits per heavy atom. The van der Waals surface area contributed by atoms with E-state index in [0.717, 1.165) is 35.5 Å². The molecule has 0 aliphatic carbocycles. The van der Waals surface area contributed by atoms with Gasteiger partial charge in [0, 0.05) is 5.38 Å². The van der Waals surface area contributed by atoms with Crippen LogP contribution in [0.2, 0.25) is 0 Å². The highest BCUT2D eigenvalue weighted by Gasteiger charge is 2.33. The molecule has 1 aliphatic heterocycles. The molecule has 3 nitrogen and oxygen atoms in total. The fourth-order valence-corrected chi connectivity index (χ4v) is 2.93. The second-order valence-electron chi connectivity index (χ2n) is 3.26. The molecule has 0 aromatic carbocycles. The zero-order valence-corrected chi connectivity index (χ0v) is 9.49. The molecule has 0 amide bonds. The van der Waals surface area contributed by atoms with Crippen molar-refractivity contribution in [2.45, 2.75) is 18.4 Å². The summed E-state index contributed by atoms with van der Waals surface area (Å²) in [6.07, 6.45) is 1.51. The molecule has 1 saturated heterocycles. The minimum atomic E-state index is -0.693. The van der Waals surface area contributed by atoms with Crippen molar-refractivity contribution in [2.24, 2.45) is 0 Å². The predicted molar refractivity (Wildman–Crippen MR) is 55.8 cm³/mol. The van der Waals surface area contributed by atoms with E-state index in [1.165, 1.54) is 11.3 Å². The van der Waals surface area contributed by atoms with E-state index in [-0.39, 0.29) is 0 Å². The number of nitrogens with zero attached hydrogens (tertiary/aromatic N) is 1. The number of aliphatic hydroxyl groups is 1. The van der Waals surface area contributed by atoms with Gasteiger partial charge in [0.05, 0.1) is 0 Å². The van der Waals surface area contributed by atoms with Gasteiger partial charge < -0.3 is 10.4 Å². The lowest BCUT2D eigenvalue weighted by molar-refractivity contribution is 0.00565. The first-order valence-corrected chi connectivity index (χ1v) is 5.93. The van der Waals surface area contributed by atoms with Gasteiger partial charge in [-0.3, -0.25) is 0 Å². The summed E-state index contributed by atoms with van der Waals surface area (Å²) in [5.74, 6) is 0. The van der Waals surface area contributed by atoms with Gasteiger partial charge in [-0.2, -0.15) is 0 Å². The third-order valence-electron chi connectivity index (χ3n) is 2.30. The van der Waals surface area contributed by atoms with Crippen molar-refractivity contribution >= 4 is 27.3 Å². The molecule has 0 unspecified atom stereocenters. The van der Waals surface area contributed by atoms with E-state index in [9.17, 15) is 5.11 Å². The van der Waals surface area contributed by atoms with Crippen LogP contribution < -0.4 is 5.32 Å². The third-order valence-corrected chi connectivity index (χ3v) is 4.05. The van der Waals surface area contributed by atoms with Gasteiger partial charge in [0.25, 0.3) is 0 Å². The quantitative estimate of drug-likeness (QED) is 0.806. The largest absolute Gasteiger partial charge is 0.383 e. The average Bonchev–Trinajstić information content (AvgIpc) is 2.54. The summed E-state index contributed by atoms with van der Waals surface area (Å²) in [7, 11) is 0. The molecule has 2 heterocycles. The van der Waals surface area contributed by atoms with Gasteiger partial charge in [0.15, 0.2) is 0 Å². The van der Waals surface area contributed by atoms with E-state index in [1.54, 1.807) is 0 Å². The van der Waals surface area contributed by atoms with Crippen molar-refractivity contribution in [1.29, 1.82) is 0 Å². The van der Waals surface area contributed by atoms with Crippen LogP contribution >= 0.6 is 27.3 Å². The van der Waals surface area contributed by atoms with Crippen LogP contribution in [0.3, 0.4) is 0 Å². The van der Waals surface area contributed by atoms with E-state index >= 15 is 0 Å². The molecule has 1 fully saturated rings. The molecular formula is C8H11BrN2OS. The van der Waals surface area contributed by atoms with Crippen LogP contribution in [-0.2, 0) is 5.60 Å². The lowest BCUT2D eigenvalue weighted by atomic mass is 9.93. The van der Waals surface area contributed by atoms with Crippen LogP contribution in [0.5, 0.6) is 0 Å². The molecule has 0 atom stereocenters. The van der Waals surface area contributed by atoms with Crippen LogP contribution in [0.4, 0.5) is 0 Å². The van der Waals surface area contributed by atoms with Gasteiger partial charge >= 0.3 is 0 Å². The number of nitrogens with one attached hydrogen (secondary N) is 1. The van der Waals surface area contributed by atoms with Crippen molar-refractivity contribution < 1.29 is 5.11 Å². The number of rotatable bonds is 1. The zero-order valence-electron chi connectivity index (χ0n) is 7.09. The topological polar surface area (TPSA) is 45.2 Å². The molecule has 2 rings (SSSR count). The molecule has 0 saturated carbocycles. The number of hydrogen-bond acceptors (Lipinski definition) is 4. The molecule has 13 heavy (non-hydrogen) atoms. The SMILES string of the molecule is OC1(c2nc(Br)cs2)CCNCC1. The number of piperidine rings is 1. The summed E-state index contributed by atoms with van der Waals surface area (Å²) < 4.78 is 0.819. The summed E-state index contributed by atoms with van der Waals surface area (Å²) >= 11 is 4.81. The highest BCUT2D eigenvalue weighted by Crippen LogP contribution is 2.33. The van der Waals surface area contributed by atoms with Crippen LogP contribution in [0, 0.1) is 0 Å². The predicted octanol–water partition coefficient (Wildman–Crippen LogP) is 1.48. The number of aromatic nitrogens is 1. The normalized spacial score (nSPS) is 21.7. The van der Waals surface area contributed by atoms with Crippen LogP contribution in [-0.4, -0.2) is 23.2 Å². The summed E-state index contributed by atoms with van der Waals surface area (Å²) in [6.45, 7) is 1.74. The number of thiazole rings is 1. The Bertz CT molecular complexity index is 296. The fraction of sp³-hybridized carbons (Fsp3) is 0.625. The van der Waals surface area contributed by atoms with Crippen molar-refractivity contribution in [3.8, 4) is 0 Å². The Labute approximate surface area is 89.3 Å². The molecular weight excluding hydrogens is 252 g/mol. The second kappa shape index (κ2) is 3.65. The highest BCUT2D eigenvalue weighted by molar-refractivity contribution is 9.10. The third kappa shape index (κ3) is 1.93. The molecule has 1 aliphatic rings. The molecule has 2 N–H and O–H groups in total. The van der Waals surface area contributed by atoms with Gasteiger partial charge in [0.1, 0.15) is 15.2 Å². The van der Waals surface area contributed by atoms with Gasteiger partial charge in [-0.25, -0.2) is 4.98 Å². The monoisotopic (exact) mass is 262 g/mol. The minimum absolute atomic E-state index is 0.693. The van der Waals surface area contributed by atoms with E-state index in [2.05, 4.69) is 26.2 Å². The van der Waals surface area contributed by atoms with Gasteiger partial charge in [-0.15, -0.1) is 11.3 Å². The molecule has 72 valence electrons. The Balaban J connectivity index is 2.22. The smallest absolute Gasteiger partial charge is 0.126 e. The van der Waals surface area contributed by atoms with E-state index in [1.807, 2.05) is 5.38 Å². The molecule has 5 heteroatoms. The summed E-state index contributed by atoms with van der Waals surface area (Å²) in [5.41, 5.74) is -0.693. The maximum Gasteiger partial charge on any atom is 0.126 e. The van der Waals surface area contributed by atoms with E-state index in [4.69, 9.17) is 0 Å². The van der Waals surface area contributed by atoms with Crippen molar-refractivity contribution in [3.05, 3.63) is 15.0 Å². The maximum atomic E-state index is 10.2. The average molecular weight is 263 g/mol. The Hall–Kier alpha value is 0.0300. The Morgan fingerprint density at radius 3 is 2.77 bits per heavy atom. The first kappa shape index (κ1) is 9.58. The first-order valence-electron chi connectivity index (χ1n) is 4.25. The van der Waals surface area contributed by atoms with Crippen LogP contribution in [0.15, 0.2) is 9.98 Å². The minimum Gasteiger partial charge on any atom is -0.383 e. The lowest BCUT2D eigenvalue weighted by Crippen LogP contribution is -2.39. The van der Waals surface area contributed by atoms with E-state index < -0.39 is 5.60 Å². The molecule has 0 bridgehead atoms. The van der Waals surface area contributed by atoms with E-state index in [0.29, 0.717) is 0 Å². The van der Waals surface area contributed by atoms with Crippen molar-refractivity contribution in [3.63, 3.8) is 0 Å². The number of hydrogen-bond donors (Lipinski definition) is 2. The standard InChI is InChI=1S/C8H11BrN2OS/c9-6-5-13-7(11-6)8(12)1-3-10-4-2-8/h5,10,12H,1-4H2. The first-order chi connectivity index (χ1) is 6.21. The van der Waals surface area contributed by atoms with Gasteiger partial charge in [-0.05, 0) is 41.9 Å². The summed E-state index contributed by atoms with van der Waals surface area (Å²) in [4.78, 5) is 4.26. The lowest BCUT2D eigenvalue weighted by Gasteiger charge is -2.30. The second-order valence-corrected chi connectivity index (χ2v) is 4.93. The zero-order chi connectivity index (χ0) is 9.31. The van der Waals surface area contributed by atoms with Gasteiger partial charge in [-0.1, -0.05) is 0 Å². The fourth-order valence-electron chi connectivity index (χ4n) is 1.52. The van der Waals surface area contributed by atoms with Crippen LogP contribution in [0.25, 0.3) is 0 Å². The molecule has 1 aromatic rings.